The van der Waals surface area contributed by atoms with E-state index in [1.54, 1.807) is 24.6 Å². The third kappa shape index (κ3) is 2.90. The van der Waals surface area contributed by atoms with Gasteiger partial charge in [-0.1, -0.05) is 0 Å². The van der Waals surface area contributed by atoms with E-state index in [2.05, 4.69) is 15.3 Å². The van der Waals surface area contributed by atoms with Gasteiger partial charge in [-0.15, -0.1) is 11.3 Å². The average Bonchev–Trinajstić information content (AvgIpc) is 3.18. The second-order valence-electron chi connectivity index (χ2n) is 4.70. The molecule has 0 saturated carbocycles. The molecule has 0 saturated heterocycles. The van der Waals surface area contributed by atoms with Crippen molar-refractivity contribution in [2.24, 2.45) is 0 Å². The quantitative estimate of drug-likeness (QED) is 0.712. The lowest BCUT2D eigenvalue weighted by atomic mass is 10.2. The summed E-state index contributed by atoms with van der Waals surface area (Å²) in [5.74, 6) is -0.725. The summed E-state index contributed by atoms with van der Waals surface area (Å²) in [4.78, 5) is 7.45. The van der Waals surface area contributed by atoms with Gasteiger partial charge in [-0.05, 0) is 30.8 Å². The van der Waals surface area contributed by atoms with Crippen molar-refractivity contribution in [2.45, 2.75) is 10.9 Å². The summed E-state index contributed by atoms with van der Waals surface area (Å²) in [5, 5.41) is 4.52. The van der Waals surface area contributed by atoms with Crippen LogP contribution in [0.3, 0.4) is 0 Å². The third-order valence-electron chi connectivity index (χ3n) is 3.15. The van der Waals surface area contributed by atoms with Gasteiger partial charge in [0.25, 0.3) is 10.0 Å². The maximum absolute atomic E-state index is 14.0. The van der Waals surface area contributed by atoms with E-state index in [1.807, 2.05) is 0 Å². The number of rotatable bonds is 5. The Morgan fingerprint density at radius 2 is 2.17 bits per heavy atom. The van der Waals surface area contributed by atoms with Crippen molar-refractivity contribution >= 4 is 21.4 Å². The highest BCUT2D eigenvalue weighted by Gasteiger charge is 2.25. The Balaban J connectivity index is 2.22. The summed E-state index contributed by atoms with van der Waals surface area (Å²) < 4.78 is 40.6. The minimum absolute atomic E-state index is 0.0466. The van der Waals surface area contributed by atoms with Crippen LogP contribution < -0.4 is 5.32 Å². The number of halogens is 1. The Kier molecular flexibility index (Phi) is 4.24. The van der Waals surface area contributed by atoms with Gasteiger partial charge in [0.2, 0.25) is 10.3 Å². The molecule has 0 aliphatic carbocycles. The summed E-state index contributed by atoms with van der Waals surface area (Å²) >= 11 is 1.01. The van der Waals surface area contributed by atoms with Crippen LogP contribution in [0, 0.1) is 5.95 Å². The van der Waals surface area contributed by atoms with E-state index in [-0.39, 0.29) is 15.6 Å². The molecule has 0 aliphatic heterocycles. The van der Waals surface area contributed by atoms with Crippen molar-refractivity contribution in [2.75, 3.05) is 7.05 Å². The molecule has 0 bridgehead atoms. The van der Waals surface area contributed by atoms with E-state index >= 15 is 0 Å². The predicted molar refractivity (Wildman–Crippen MR) is 85.1 cm³/mol. The van der Waals surface area contributed by atoms with Gasteiger partial charge in [-0.3, -0.25) is 0 Å². The zero-order valence-corrected chi connectivity index (χ0v) is 13.7. The predicted octanol–water partition coefficient (Wildman–Crippen LogP) is 2.10. The van der Waals surface area contributed by atoms with Gasteiger partial charge >= 0.3 is 0 Å². The number of pyridine rings is 1. The van der Waals surface area contributed by atoms with Gasteiger partial charge in [0.1, 0.15) is 0 Å². The van der Waals surface area contributed by atoms with Crippen molar-refractivity contribution in [3.05, 3.63) is 53.7 Å². The molecule has 3 aromatic heterocycles. The molecule has 0 amide bonds. The Hall–Kier alpha value is -2.10. The molecule has 0 spiro atoms. The minimum atomic E-state index is -3.89. The van der Waals surface area contributed by atoms with E-state index in [0.717, 1.165) is 15.3 Å². The van der Waals surface area contributed by atoms with Crippen LogP contribution in [0.5, 0.6) is 0 Å². The van der Waals surface area contributed by atoms with Gasteiger partial charge in [-0.2, -0.15) is 12.8 Å². The van der Waals surface area contributed by atoms with E-state index in [4.69, 9.17) is 0 Å². The molecule has 3 aromatic rings. The molecule has 6 nitrogen and oxygen atoms in total. The summed E-state index contributed by atoms with van der Waals surface area (Å²) in [6.07, 6.45) is 4.20. The number of thiazole rings is 1. The third-order valence-corrected chi connectivity index (χ3v) is 6.00. The van der Waals surface area contributed by atoms with Crippen LogP contribution in [-0.2, 0) is 16.6 Å². The van der Waals surface area contributed by atoms with Crippen molar-refractivity contribution in [1.82, 2.24) is 19.3 Å². The Morgan fingerprint density at radius 3 is 2.83 bits per heavy atom. The first kappa shape index (κ1) is 15.8. The second kappa shape index (κ2) is 6.19. The van der Waals surface area contributed by atoms with Crippen LogP contribution in [0.4, 0.5) is 4.39 Å². The van der Waals surface area contributed by atoms with Crippen LogP contribution >= 0.6 is 11.3 Å². The molecule has 3 heterocycles. The first-order valence-corrected chi connectivity index (χ1v) is 8.98. The van der Waals surface area contributed by atoms with Gasteiger partial charge in [0.05, 0.1) is 11.3 Å². The fourth-order valence-electron chi connectivity index (χ4n) is 2.19. The molecule has 9 heteroatoms. The molecule has 0 aliphatic rings. The topological polar surface area (TPSA) is 76.9 Å². The minimum Gasteiger partial charge on any atom is -0.316 e. The molecule has 120 valence electrons. The molecule has 23 heavy (non-hydrogen) atoms. The van der Waals surface area contributed by atoms with Crippen LogP contribution in [-0.4, -0.2) is 29.4 Å². The van der Waals surface area contributed by atoms with E-state index < -0.39 is 16.0 Å². The SMILES string of the molecule is CNCc1cc(-c2cccnc2F)n(S(=O)(=O)c2nccs2)c1. The Labute approximate surface area is 136 Å². The molecular weight excluding hydrogens is 339 g/mol. The van der Waals surface area contributed by atoms with Gasteiger partial charge in [0, 0.05) is 30.5 Å². The standard InChI is InChI=1S/C14H13FN4O2S2/c1-16-8-10-7-12(11-3-2-4-17-13(11)15)19(9-10)23(20,21)14-18-5-6-22-14/h2-7,9,16H,8H2,1H3. The monoisotopic (exact) mass is 352 g/mol. The van der Waals surface area contributed by atoms with Crippen LogP contribution in [0.15, 0.2) is 46.5 Å². The largest absolute Gasteiger partial charge is 0.316 e. The van der Waals surface area contributed by atoms with E-state index in [1.165, 1.54) is 24.7 Å². The van der Waals surface area contributed by atoms with E-state index in [9.17, 15) is 12.8 Å². The molecule has 3 rings (SSSR count). The highest BCUT2D eigenvalue weighted by molar-refractivity contribution is 7.92. The molecular formula is C14H13FN4O2S2. The number of hydrogen-bond donors (Lipinski definition) is 1. The zero-order chi connectivity index (χ0) is 16.4. The normalized spacial score (nSPS) is 11.7. The van der Waals surface area contributed by atoms with Gasteiger partial charge < -0.3 is 5.32 Å². The zero-order valence-electron chi connectivity index (χ0n) is 12.1. The van der Waals surface area contributed by atoms with Gasteiger partial charge in [0.15, 0.2) is 0 Å². The molecule has 0 atom stereocenters. The maximum Gasteiger partial charge on any atom is 0.295 e. The van der Waals surface area contributed by atoms with Crippen LogP contribution in [0.1, 0.15) is 5.56 Å². The lowest BCUT2D eigenvalue weighted by Gasteiger charge is -2.08. The molecule has 0 fully saturated rings. The smallest absolute Gasteiger partial charge is 0.295 e. The maximum atomic E-state index is 14.0. The number of nitrogens with zero attached hydrogens (tertiary/aromatic N) is 3. The average molecular weight is 352 g/mol. The van der Waals surface area contributed by atoms with Crippen molar-refractivity contribution in [3.8, 4) is 11.3 Å². The first-order chi connectivity index (χ1) is 11.0. The fraction of sp³-hybridized carbons (Fsp3) is 0.143. The Bertz CT molecular complexity index is 920. The van der Waals surface area contributed by atoms with Crippen LogP contribution in [0.2, 0.25) is 0 Å². The van der Waals surface area contributed by atoms with E-state index in [0.29, 0.717) is 12.1 Å². The van der Waals surface area contributed by atoms with Crippen molar-refractivity contribution in [3.63, 3.8) is 0 Å². The number of aromatic nitrogens is 3. The highest BCUT2D eigenvalue weighted by atomic mass is 32.2. The number of hydrogen-bond acceptors (Lipinski definition) is 6. The van der Waals surface area contributed by atoms with Crippen molar-refractivity contribution in [1.29, 1.82) is 0 Å². The first-order valence-electron chi connectivity index (χ1n) is 6.66. The number of nitrogens with one attached hydrogen (secondary N) is 1. The van der Waals surface area contributed by atoms with Crippen LogP contribution in [0.25, 0.3) is 11.3 Å². The summed E-state index contributed by atoms with van der Waals surface area (Å²) in [7, 11) is -2.14. The Morgan fingerprint density at radius 1 is 1.35 bits per heavy atom. The lowest BCUT2D eigenvalue weighted by molar-refractivity contribution is 0.582. The highest BCUT2D eigenvalue weighted by Crippen LogP contribution is 2.28. The second-order valence-corrected chi connectivity index (χ2v) is 7.59. The van der Waals surface area contributed by atoms with Gasteiger partial charge in [-0.25, -0.2) is 13.9 Å². The lowest BCUT2D eigenvalue weighted by Crippen LogP contribution is -2.13. The molecule has 0 unspecified atom stereocenters. The van der Waals surface area contributed by atoms with Crippen molar-refractivity contribution < 1.29 is 12.8 Å². The molecule has 0 radical (unpaired) electrons. The summed E-state index contributed by atoms with van der Waals surface area (Å²) in [6, 6.07) is 4.68. The molecule has 1 N–H and O–H groups in total. The molecule has 0 aromatic carbocycles. The fourth-order valence-corrected chi connectivity index (χ4v) is 4.49. The summed E-state index contributed by atoms with van der Waals surface area (Å²) in [6.45, 7) is 0.454. The summed E-state index contributed by atoms with van der Waals surface area (Å²) in [5.41, 5.74) is 1.05.